The molecular formula is C76H51N5. The Balaban J connectivity index is 0.993. The van der Waals surface area contributed by atoms with Crippen LogP contribution in [0.4, 0.5) is 0 Å². The smallest absolute Gasteiger partial charge is 0.164 e. The molecule has 0 aliphatic heterocycles. The molecule has 15 rings (SSSR count). The summed E-state index contributed by atoms with van der Waals surface area (Å²) in [7, 11) is 0. The van der Waals surface area contributed by atoms with Crippen molar-refractivity contribution in [2.24, 2.45) is 0 Å². The van der Waals surface area contributed by atoms with E-state index in [1.54, 1.807) is 0 Å². The highest BCUT2D eigenvalue weighted by atomic mass is 15.0. The van der Waals surface area contributed by atoms with Crippen LogP contribution in [0.5, 0.6) is 0 Å². The van der Waals surface area contributed by atoms with Gasteiger partial charge in [0.25, 0.3) is 0 Å². The van der Waals surface area contributed by atoms with E-state index in [1.165, 1.54) is 38.1 Å². The summed E-state index contributed by atoms with van der Waals surface area (Å²) in [5, 5.41) is 4.84. The van der Waals surface area contributed by atoms with Gasteiger partial charge in [0.15, 0.2) is 17.5 Å². The first-order chi connectivity index (χ1) is 40.1. The van der Waals surface area contributed by atoms with Crippen LogP contribution in [0, 0.1) is 6.92 Å². The summed E-state index contributed by atoms with van der Waals surface area (Å²) >= 11 is 0. The van der Waals surface area contributed by atoms with Gasteiger partial charge in [-0.2, -0.15) is 0 Å². The molecule has 380 valence electrons. The second-order valence-corrected chi connectivity index (χ2v) is 20.9. The van der Waals surface area contributed by atoms with E-state index in [2.05, 4.69) is 301 Å². The van der Waals surface area contributed by atoms with Crippen molar-refractivity contribution in [1.82, 2.24) is 24.1 Å². The molecule has 0 aliphatic rings. The molecule has 0 saturated carbocycles. The van der Waals surface area contributed by atoms with Crippen LogP contribution >= 0.6 is 0 Å². The predicted molar refractivity (Wildman–Crippen MR) is 337 cm³/mol. The van der Waals surface area contributed by atoms with E-state index >= 15 is 0 Å². The summed E-state index contributed by atoms with van der Waals surface area (Å²) in [5.41, 5.74) is 21.5. The number of nitrogens with zero attached hydrogens (tertiary/aromatic N) is 5. The normalized spacial score (nSPS) is 11.5. The highest BCUT2D eigenvalue weighted by molar-refractivity contribution is 6.13. The molecule has 81 heavy (non-hydrogen) atoms. The second-order valence-electron chi connectivity index (χ2n) is 20.9. The summed E-state index contributed by atoms with van der Waals surface area (Å²) < 4.78 is 4.91. The molecule has 0 bridgehead atoms. The number of hydrogen-bond acceptors (Lipinski definition) is 3. The van der Waals surface area contributed by atoms with E-state index in [1.807, 2.05) is 6.07 Å². The Morgan fingerprint density at radius 3 is 1.10 bits per heavy atom. The van der Waals surface area contributed by atoms with Gasteiger partial charge in [0.2, 0.25) is 0 Å². The molecule has 0 spiro atoms. The highest BCUT2D eigenvalue weighted by Gasteiger charge is 2.25. The van der Waals surface area contributed by atoms with Gasteiger partial charge in [-0.05, 0) is 124 Å². The maximum absolute atomic E-state index is 5.55. The lowest BCUT2D eigenvalue weighted by molar-refractivity contribution is 1.07. The molecule has 0 atom stereocenters. The lowest BCUT2D eigenvalue weighted by Gasteiger charge is -2.21. The molecule has 0 aliphatic carbocycles. The van der Waals surface area contributed by atoms with E-state index in [0.717, 1.165) is 94.7 Å². The lowest BCUT2D eigenvalue weighted by Crippen LogP contribution is -2.04. The summed E-state index contributed by atoms with van der Waals surface area (Å²) in [6, 6.07) is 104. The minimum Gasteiger partial charge on any atom is -0.309 e. The summed E-state index contributed by atoms with van der Waals surface area (Å²) in [4.78, 5) is 16.4. The first-order valence-corrected chi connectivity index (χ1v) is 27.6. The average molecular weight is 1030 g/mol. The fourth-order valence-corrected chi connectivity index (χ4v) is 11.9. The topological polar surface area (TPSA) is 48.5 Å². The second kappa shape index (κ2) is 19.9. The Bertz CT molecular complexity index is 4660. The summed E-state index contributed by atoms with van der Waals surface area (Å²) in [6.07, 6.45) is 0. The summed E-state index contributed by atoms with van der Waals surface area (Å²) in [5.74, 6) is 1.74. The van der Waals surface area contributed by atoms with Crippen molar-refractivity contribution in [3.63, 3.8) is 0 Å². The van der Waals surface area contributed by atoms with Crippen LogP contribution in [0.1, 0.15) is 5.56 Å². The number of hydrogen-bond donors (Lipinski definition) is 0. The highest BCUT2D eigenvalue weighted by Crippen LogP contribution is 2.45. The van der Waals surface area contributed by atoms with Crippen molar-refractivity contribution in [2.45, 2.75) is 6.92 Å². The van der Waals surface area contributed by atoms with Crippen LogP contribution in [0.3, 0.4) is 0 Å². The quantitative estimate of drug-likeness (QED) is 0.137. The molecule has 15 aromatic rings. The zero-order chi connectivity index (χ0) is 53.8. The molecule has 0 saturated heterocycles. The van der Waals surface area contributed by atoms with Gasteiger partial charge in [-0.15, -0.1) is 0 Å². The monoisotopic (exact) mass is 1030 g/mol. The molecule has 0 unspecified atom stereocenters. The average Bonchev–Trinajstić information content (AvgIpc) is 4.06. The first-order valence-electron chi connectivity index (χ1n) is 27.6. The molecule has 12 aromatic carbocycles. The van der Waals surface area contributed by atoms with Gasteiger partial charge in [0, 0.05) is 55.0 Å². The van der Waals surface area contributed by atoms with Crippen molar-refractivity contribution in [3.05, 3.63) is 297 Å². The molecule has 0 radical (unpaired) electrons. The fraction of sp³-hybridized carbons (Fsp3) is 0.0132. The van der Waals surface area contributed by atoms with Gasteiger partial charge in [-0.3, -0.25) is 0 Å². The number of fused-ring (bicyclic) bond motifs is 6. The molecule has 5 heteroatoms. The van der Waals surface area contributed by atoms with Crippen molar-refractivity contribution in [2.75, 3.05) is 0 Å². The zero-order valence-corrected chi connectivity index (χ0v) is 44.4. The van der Waals surface area contributed by atoms with Crippen LogP contribution < -0.4 is 0 Å². The fourth-order valence-electron chi connectivity index (χ4n) is 11.9. The van der Waals surface area contributed by atoms with E-state index in [9.17, 15) is 0 Å². The Morgan fingerprint density at radius 2 is 0.593 bits per heavy atom. The molecule has 0 amide bonds. The number of aromatic nitrogens is 5. The Morgan fingerprint density at radius 1 is 0.235 bits per heavy atom. The van der Waals surface area contributed by atoms with Crippen LogP contribution in [0.15, 0.2) is 291 Å². The lowest BCUT2D eigenvalue weighted by atomic mass is 9.92. The zero-order valence-electron chi connectivity index (χ0n) is 44.4. The molecule has 5 nitrogen and oxygen atoms in total. The van der Waals surface area contributed by atoms with Crippen LogP contribution in [-0.2, 0) is 0 Å². The molecular weight excluding hydrogens is 983 g/mol. The minimum atomic E-state index is 0.572. The number of aryl methyl sites for hydroxylation is 1. The van der Waals surface area contributed by atoms with Crippen LogP contribution in [0.2, 0.25) is 0 Å². The third-order valence-corrected chi connectivity index (χ3v) is 15.8. The first kappa shape index (κ1) is 47.5. The Kier molecular flexibility index (Phi) is 11.7. The third kappa shape index (κ3) is 8.56. The van der Waals surface area contributed by atoms with Crippen LogP contribution in [0.25, 0.3) is 145 Å². The van der Waals surface area contributed by atoms with Gasteiger partial charge in [0.05, 0.1) is 27.8 Å². The van der Waals surface area contributed by atoms with Gasteiger partial charge < -0.3 is 9.13 Å². The van der Waals surface area contributed by atoms with E-state index < -0.39 is 0 Å². The maximum atomic E-state index is 5.55. The maximum Gasteiger partial charge on any atom is 0.164 e. The SMILES string of the molecule is Cc1ccc2c(c1)c1cc(-n3c4ccccc4c4ccccc43)ccc1n2-c1c(-c2ccccc2)cc(-c2nc(-c3ccc(-c4ccccc4)cc3)nc(-c3cc(-c4ccccc4)cc(-c4ccccc4)c3)n2)cc1-c1ccccc1. The van der Waals surface area contributed by atoms with Crippen molar-refractivity contribution in [3.8, 4) is 101 Å². The third-order valence-electron chi connectivity index (χ3n) is 15.8. The van der Waals surface area contributed by atoms with Gasteiger partial charge in [0.1, 0.15) is 0 Å². The molecule has 0 fully saturated rings. The standard InChI is InChI=1S/C76H51N5/c1-50-35-41-71-67(43-50)68-49-62(80-69-33-19-17-31-63(69)64-32-18-20-34-70(64)80)40-42-72(68)81(71)73-65(55-27-13-5-14-28-55)47-61(48-66(73)56-29-15-6-16-30-56)76-78-74(57-38-36-54(37-39-57)51-21-7-2-8-22-51)77-75(79-76)60-45-58(52-23-9-3-10-24-52)44-59(46-60)53-25-11-4-12-26-53/h2-49H,1H3. The van der Waals surface area contributed by atoms with Gasteiger partial charge >= 0.3 is 0 Å². The van der Waals surface area contributed by atoms with Crippen molar-refractivity contribution >= 4 is 43.6 Å². The largest absolute Gasteiger partial charge is 0.309 e. The van der Waals surface area contributed by atoms with Crippen molar-refractivity contribution in [1.29, 1.82) is 0 Å². The van der Waals surface area contributed by atoms with Crippen LogP contribution in [-0.4, -0.2) is 24.1 Å². The minimum absolute atomic E-state index is 0.572. The summed E-state index contributed by atoms with van der Waals surface area (Å²) in [6.45, 7) is 2.19. The van der Waals surface area contributed by atoms with E-state index in [0.29, 0.717) is 17.5 Å². The van der Waals surface area contributed by atoms with Gasteiger partial charge in [-0.1, -0.05) is 224 Å². The molecule has 0 N–H and O–H groups in total. The number of benzene rings is 12. The Labute approximate surface area is 470 Å². The van der Waals surface area contributed by atoms with E-state index in [-0.39, 0.29) is 0 Å². The molecule has 3 aromatic heterocycles. The molecule has 3 heterocycles. The van der Waals surface area contributed by atoms with Gasteiger partial charge in [-0.25, -0.2) is 15.0 Å². The van der Waals surface area contributed by atoms with E-state index in [4.69, 9.17) is 15.0 Å². The Hall–Kier alpha value is -10.8. The predicted octanol–water partition coefficient (Wildman–Crippen LogP) is 19.7. The van der Waals surface area contributed by atoms with Crippen molar-refractivity contribution < 1.29 is 0 Å². The number of rotatable bonds is 10. The number of para-hydroxylation sites is 2.